The van der Waals surface area contributed by atoms with Crippen LogP contribution in [-0.4, -0.2) is 23.3 Å². The fourth-order valence-corrected chi connectivity index (χ4v) is 1.22. The van der Waals surface area contributed by atoms with E-state index >= 15 is 0 Å². The lowest BCUT2D eigenvalue weighted by atomic mass is 10.3. The van der Waals surface area contributed by atoms with E-state index in [1.165, 1.54) is 10.8 Å². The number of aryl methyl sites for hydroxylation is 1. The Balaban J connectivity index is 2.66. The molecule has 1 aromatic heterocycles. The highest BCUT2D eigenvalue weighted by Crippen LogP contribution is 1.94. The molecule has 0 atom stereocenters. The number of methoxy groups -OCH3 is 1. The number of unbranched alkanes of at least 4 members (excludes halogenated alkanes) is 1. The predicted octanol–water partition coefficient (Wildman–Crippen LogP) is -0.455. The molecule has 3 N–H and O–H groups in total. The van der Waals surface area contributed by atoms with E-state index in [-0.39, 0.29) is 5.69 Å². The molecule has 0 amide bonds. The van der Waals surface area contributed by atoms with E-state index < -0.39 is 11.2 Å². The Bertz CT molecular complexity index is 421. The normalized spacial score (nSPS) is 10.5. The van der Waals surface area contributed by atoms with E-state index in [0.717, 1.165) is 12.8 Å². The minimum atomic E-state index is -0.534. The maximum absolute atomic E-state index is 11.3. The van der Waals surface area contributed by atoms with Crippen molar-refractivity contribution in [1.29, 1.82) is 0 Å². The number of anilines is 1. The van der Waals surface area contributed by atoms with Crippen molar-refractivity contribution in [2.75, 3.05) is 19.5 Å². The van der Waals surface area contributed by atoms with Gasteiger partial charge in [0.05, 0.1) is 0 Å². The molecule has 1 rings (SSSR count). The van der Waals surface area contributed by atoms with Crippen LogP contribution in [0.15, 0.2) is 15.8 Å². The number of aromatic amines is 1. The highest BCUT2D eigenvalue weighted by molar-refractivity contribution is 5.30. The smallest absolute Gasteiger partial charge is 0.328 e. The predicted molar refractivity (Wildman–Crippen MR) is 56.8 cm³/mol. The largest absolute Gasteiger partial charge is 0.393 e. The molecule has 0 spiro atoms. The van der Waals surface area contributed by atoms with Gasteiger partial charge in [0.2, 0.25) is 0 Å². The highest BCUT2D eigenvalue weighted by Gasteiger charge is 2.00. The molecule has 0 saturated heterocycles. The topological polar surface area (TPSA) is 90.1 Å². The summed E-state index contributed by atoms with van der Waals surface area (Å²) in [6, 6.07) is 0. The molecule has 0 aliphatic carbocycles. The molecule has 84 valence electrons. The van der Waals surface area contributed by atoms with Gasteiger partial charge in [-0.25, -0.2) is 4.79 Å². The van der Waals surface area contributed by atoms with Crippen molar-refractivity contribution in [1.82, 2.24) is 9.55 Å². The monoisotopic (exact) mass is 213 g/mol. The Morgan fingerprint density at radius 1 is 1.47 bits per heavy atom. The number of H-pyrrole nitrogens is 1. The summed E-state index contributed by atoms with van der Waals surface area (Å²) < 4.78 is 6.28. The summed E-state index contributed by atoms with van der Waals surface area (Å²) >= 11 is 0. The van der Waals surface area contributed by atoms with Crippen LogP contribution in [0.2, 0.25) is 0 Å². The van der Waals surface area contributed by atoms with Crippen molar-refractivity contribution in [3.8, 4) is 0 Å². The van der Waals surface area contributed by atoms with Crippen LogP contribution >= 0.6 is 0 Å². The molecule has 6 heteroatoms. The number of hydrogen-bond donors (Lipinski definition) is 2. The third-order valence-corrected chi connectivity index (χ3v) is 2.04. The fraction of sp³-hybridized carbons (Fsp3) is 0.556. The average molecular weight is 213 g/mol. The molecule has 15 heavy (non-hydrogen) atoms. The number of hydrogen-bond acceptors (Lipinski definition) is 4. The van der Waals surface area contributed by atoms with Gasteiger partial charge in [-0.05, 0) is 12.8 Å². The van der Waals surface area contributed by atoms with Crippen LogP contribution in [0.25, 0.3) is 0 Å². The number of rotatable bonds is 5. The van der Waals surface area contributed by atoms with Gasteiger partial charge in [0, 0.05) is 26.5 Å². The minimum Gasteiger partial charge on any atom is -0.393 e. The van der Waals surface area contributed by atoms with Gasteiger partial charge in [0.1, 0.15) is 5.69 Å². The first-order valence-corrected chi connectivity index (χ1v) is 4.73. The van der Waals surface area contributed by atoms with Gasteiger partial charge in [-0.1, -0.05) is 0 Å². The van der Waals surface area contributed by atoms with E-state index in [9.17, 15) is 9.59 Å². The standard InChI is InChI=1S/C9H15N3O3/c1-15-5-3-2-4-12-6-7(10)8(13)11-9(12)14/h6H,2-5,10H2,1H3,(H,11,13,14). The summed E-state index contributed by atoms with van der Waals surface area (Å²) in [6.07, 6.45) is 3.04. The van der Waals surface area contributed by atoms with Crippen molar-refractivity contribution in [2.24, 2.45) is 0 Å². The van der Waals surface area contributed by atoms with Crippen LogP contribution in [0.4, 0.5) is 5.69 Å². The van der Waals surface area contributed by atoms with Crippen LogP contribution in [0.5, 0.6) is 0 Å². The molecule has 0 unspecified atom stereocenters. The molecule has 0 radical (unpaired) electrons. The van der Waals surface area contributed by atoms with Gasteiger partial charge in [-0.15, -0.1) is 0 Å². The molecule has 0 fully saturated rings. The van der Waals surface area contributed by atoms with Crippen LogP contribution in [0.1, 0.15) is 12.8 Å². The van der Waals surface area contributed by atoms with E-state index in [1.807, 2.05) is 0 Å². The second-order valence-electron chi connectivity index (χ2n) is 3.24. The maximum atomic E-state index is 11.3. The molecule has 1 aromatic rings. The van der Waals surface area contributed by atoms with Crippen molar-refractivity contribution in [3.63, 3.8) is 0 Å². The zero-order valence-electron chi connectivity index (χ0n) is 8.66. The first-order chi connectivity index (χ1) is 7.15. The third-order valence-electron chi connectivity index (χ3n) is 2.04. The summed E-state index contributed by atoms with van der Waals surface area (Å²) in [5.74, 6) is 0. The quantitative estimate of drug-likeness (QED) is 0.648. The summed E-state index contributed by atoms with van der Waals surface area (Å²) in [4.78, 5) is 24.4. The number of nitrogen functional groups attached to an aromatic ring is 1. The van der Waals surface area contributed by atoms with Gasteiger partial charge in [0.15, 0.2) is 0 Å². The Kier molecular flexibility index (Phi) is 4.11. The Hall–Kier alpha value is -1.56. The number of nitrogens with one attached hydrogen (secondary N) is 1. The first kappa shape index (κ1) is 11.5. The Morgan fingerprint density at radius 2 is 2.20 bits per heavy atom. The fourth-order valence-electron chi connectivity index (χ4n) is 1.22. The van der Waals surface area contributed by atoms with Gasteiger partial charge in [0.25, 0.3) is 5.56 Å². The number of ether oxygens (including phenoxy) is 1. The van der Waals surface area contributed by atoms with Gasteiger partial charge in [-0.2, -0.15) is 0 Å². The summed E-state index contributed by atoms with van der Waals surface area (Å²) in [6.45, 7) is 1.19. The molecule has 0 bridgehead atoms. The summed E-state index contributed by atoms with van der Waals surface area (Å²) in [5, 5.41) is 0. The molecule has 0 saturated carbocycles. The molecule has 1 heterocycles. The lowest BCUT2D eigenvalue weighted by molar-refractivity contribution is 0.191. The van der Waals surface area contributed by atoms with E-state index in [1.54, 1.807) is 7.11 Å². The number of nitrogens with zero attached hydrogens (tertiary/aromatic N) is 1. The van der Waals surface area contributed by atoms with Crippen molar-refractivity contribution in [3.05, 3.63) is 27.0 Å². The summed E-state index contributed by atoms with van der Waals surface area (Å²) in [7, 11) is 1.63. The zero-order chi connectivity index (χ0) is 11.3. The van der Waals surface area contributed by atoms with Gasteiger partial charge < -0.3 is 10.5 Å². The maximum Gasteiger partial charge on any atom is 0.328 e. The minimum absolute atomic E-state index is 0.0568. The van der Waals surface area contributed by atoms with E-state index in [0.29, 0.717) is 13.2 Å². The lowest BCUT2D eigenvalue weighted by Crippen LogP contribution is -2.31. The van der Waals surface area contributed by atoms with Crippen molar-refractivity contribution in [2.45, 2.75) is 19.4 Å². The highest BCUT2D eigenvalue weighted by atomic mass is 16.5. The molecule has 0 aliphatic rings. The van der Waals surface area contributed by atoms with Gasteiger partial charge >= 0.3 is 5.69 Å². The lowest BCUT2D eigenvalue weighted by Gasteiger charge is -2.04. The van der Waals surface area contributed by atoms with Crippen molar-refractivity contribution < 1.29 is 4.74 Å². The second kappa shape index (κ2) is 5.35. The Labute approximate surface area is 86.7 Å². The van der Waals surface area contributed by atoms with Crippen LogP contribution in [-0.2, 0) is 11.3 Å². The van der Waals surface area contributed by atoms with Gasteiger partial charge in [-0.3, -0.25) is 14.3 Å². The van der Waals surface area contributed by atoms with E-state index in [4.69, 9.17) is 10.5 Å². The summed E-state index contributed by atoms with van der Waals surface area (Å²) in [5.41, 5.74) is 4.49. The molecular weight excluding hydrogens is 198 g/mol. The SMILES string of the molecule is COCCCCn1cc(N)c(=O)[nH]c1=O. The average Bonchev–Trinajstić information content (AvgIpc) is 2.20. The molecule has 6 nitrogen and oxygen atoms in total. The third kappa shape index (κ3) is 3.25. The number of aromatic nitrogens is 2. The van der Waals surface area contributed by atoms with Crippen LogP contribution < -0.4 is 17.0 Å². The van der Waals surface area contributed by atoms with Crippen LogP contribution in [0.3, 0.4) is 0 Å². The second-order valence-corrected chi connectivity index (χ2v) is 3.24. The van der Waals surface area contributed by atoms with Crippen molar-refractivity contribution >= 4 is 5.69 Å². The molecule has 0 aliphatic heterocycles. The van der Waals surface area contributed by atoms with E-state index in [2.05, 4.69) is 4.98 Å². The molecular formula is C9H15N3O3. The Morgan fingerprint density at radius 3 is 2.87 bits per heavy atom. The molecule has 0 aromatic carbocycles. The number of nitrogens with two attached hydrogens (primary N) is 1. The zero-order valence-corrected chi connectivity index (χ0v) is 8.66. The first-order valence-electron chi connectivity index (χ1n) is 4.73. The van der Waals surface area contributed by atoms with Crippen LogP contribution in [0, 0.1) is 0 Å².